The van der Waals surface area contributed by atoms with Crippen molar-refractivity contribution in [3.63, 3.8) is 0 Å². The molecule has 0 aliphatic heterocycles. The van der Waals surface area contributed by atoms with E-state index in [1.165, 1.54) is 16.8 Å². The van der Waals surface area contributed by atoms with Crippen molar-refractivity contribution in [1.29, 1.82) is 0 Å². The van der Waals surface area contributed by atoms with Crippen molar-refractivity contribution in [3.05, 3.63) is 72.8 Å². The van der Waals surface area contributed by atoms with Gasteiger partial charge in [-0.3, -0.25) is 0 Å². The molecule has 0 spiro atoms. The van der Waals surface area contributed by atoms with E-state index in [0.717, 1.165) is 31.3 Å². The molecule has 1 fully saturated rings. The molecule has 1 nitrogen and oxygen atoms in total. The smallest absolute Gasteiger partial charge is 0.204 e. The highest BCUT2D eigenvalue weighted by Crippen LogP contribution is 2.36. The molecule has 152 valence electrons. The van der Waals surface area contributed by atoms with Gasteiger partial charge in [-0.2, -0.15) is 0 Å². The molecule has 0 atom stereocenters. The Morgan fingerprint density at radius 2 is 1.41 bits per heavy atom. The van der Waals surface area contributed by atoms with Crippen LogP contribution in [-0.4, -0.2) is 18.8 Å². The molecule has 0 saturated heterocycles. The second kappa shape index (κ2) is 8.74. The van der Waals surface area contributed by atoms with Crippen molar-refractivity contribution in [2.45, 2.75) is 69.9 Å². The lowest BCUT2D eigenvalue weighted by molar-refractivity contribution is 0.00555. The van der Waals surface area contributed by atoms with E-state index in [1.54, 1.807) is 0 Å². The molecule has 0 aromatic heterocycles. The molecule has 0 amide bonds. The maximum atomic E-state index is 10.9. The molecule has 29 heavy (non-hydrogen) atoms. The highest BCUT2D eigenvalue weighted by Gasteiger charge is 2.47. The van der Waals surface area contributed by atoms with Crippen molar-refractivity contribution in [2.24, 2.45) is 0 Å². The lowest BCUT2D eigenvalue weighted by atomic mass is 9.81. The number of hydrogen-bond acceptors (Lipinski definition) is 1. The summed E-state index contributed by atoms with van der Waals surface area (Å²) in [5, 5.41) is 13.6. The molecule has 0 bridgehead atoms. The highest BCUT2D eigenvalue weighted by molar-refractivity contribution is 7.10. The van der Waals surface area contributed by atoms with Gasteiger partial charge in [0.25, 0.3) is 0 Å². The zero-order chi connectivity index (χ0) is 21.0. The van der Waals surface area contributed by atoms with Crippen molar-refractivity contribution in [2.75, 3.05) is 0 Å². The van der Waals surface area contributed by atoms with E-state index in [9.17, 15) is 5.11 Å². The Morgan fingerprint density at radius 3 is 1.86 bits per heavy atom. The topological polar surface area (TPSA) is 20.2 Å². The van der Waals surface area contributed by atoms with Crippen LogP contribution >= 0.6 is 0 Å². The zero-order valence-corrected chi connectivity index (χ0v) is 19.2. The van der Waals surface area contributed by atoms with Crippen LogP contribution in [0.5, 0.6) is 0 Å². The molecule has 0 heterocycles. The van der Waals surface area contributed by atoms with Gasteiger partial charge < -0.3 is 5.11 Å². The summed E-state index contributed by atoms with van der Waals surface area (Å²) in [6.07, 6.45) is 5.76. The number of hydrogen-bond donors (Lipinski definition) is 1. The van der Waals surface area contributed by atoms with Crippen LogP contribution in [0.4, 0.5) is 0 Å². The van der Waals surface area contributed by atoms with Gasteiger partial charge in [-0.05, 0) is 33.8 Å². The molecule has 2 aromatic rings. The lowest BCUT2D eigenvalue weighted by Crippen LogP contribution is -2.63. The Bertz CT molecular complexity index is 835. The van der Waals surface area contributed by atoms with Gasteiger partial charge in [0.2, 0.25) is 8.07 Å². The lowest BCUT2D eigenvalue weighted by Gasteiger charge is -2.39. The quantitative estimate of drug-likeness (QED) is 0.548. The Balaban J connectivity index is 2.05. The summed E-state index contributed by atoms with van der Waals surface area (Å²) < 4.78 is 0. The van der Waals surface area contributed by atoms with E-state index in [0.29, 0.717) is 6.42 Å². The molecule has 3 rings (SSSR count). The largest absolute Gasteiger partial charge is 0.390 e. The zero-order valence-electron chi connectivity index (χ0n) is 18.2. The van der Waals surface area contributed by atoms with E-state index < -0.39 is 13.7 Å². The van der Waals surface area contributed by atoms with Crippen molar-refractivity contribution in [1.82, 2.24) is 0 Å². The third kappa shape index (κ3) is 4.74. The third-order valence-corrected chi connectivity index (χ3v) is 11.4. The van der Waals surface area contributed by atoms with Crippen molar-refractivity contribution >= 4 is 18.4 Å². The minimum absolute atomic E-state index is 0.00469. The normalized spacial score (nSPS) is 16.6. The number of benzene rings is 2. The summed E-state index contributed by atoms with van der Waals surface area (Å²) in [7, 11) is -2.41. The molecule has 1 aliphatic carbocycles. The van der Waals surface area contributed by atoms with Gasteiger partial charge in [0.15, 0.2) is 0 Å². The van der Waals surface area contributed by atoms with Crippen molar-refractivity contribution in [3.8, 4) is 11.5 Å². The fourth-order valence-electron chi connectivity index (χ4n) is 4.75. The van der Waals surface area contributed by atoms with E-state index in [4.69, 9.17) is 0 Å². The van der Waals surface area contributed by atoms with Crippen LogP contribution in [0.3, 0.4) is 0 Å². The maximum absolute atomic E-state index is 10.9. The Hall–Kier alpha value is -2.08. The summed E-state index contributed by atoms with van der Waals surface area (Å²) in [6, 6.07) is 21.5. The van der Waals surface area contributed by atoms with E-state index in [-0.39, 0.29) is 5.04 Å². The van der Waals surface area contributed by atoms with E-state index in [1.807, 2.05) is 0 Å². The summed E-state index contributed by atoms with van der Waals surface area (Å²) in [6.45, 7) is 11.2. The number of aliphatic hydroxyl groups is 1. The summed E-state index contributed by atoms with van der Waals surface area (Å²) in [5.74, 6) is 3.46. The molecule has 1 saturated carbocycles. The van der Waals surface area contributed by atoms with Crippen molar-refractivity contribution < 1.29 is 5.11 Å². The third-order valence-electron chi connectivity index (χ3n) is 6.29. The molecule has 2 aromatic carbocycles. The van der Waals surface area contributed by atoms with Gasteiger partial charge in [0.05, 0.1) is 5.60 Å². The summed E-state index contributed by atoms with van der Waals surface area (Å²) in [4.78, 5) is 0. The first-order chi connectivity index (χ1) is 13.8. The van der Waals surface area contributed by atoms with E-state index in [2.05, 4.69) is 99.5 Å². The molecule has 1 aliphatic rings. The fourth-order valence-corrected chi connectivity index (χ4v) is 9.23. The highest BCUT2D eigenvalue weighted by atomic mass is 28.3. The second-order valence-corrected chi connectivity index (χ2v) is 14.0. The first-order valence-electron chi connectivity index (χ1n) is 10.8. The van der Waals surface area contributed by atoms with Crippen LogP contribution in [0.15, 0.2) is 72.8 Å². The average molecular weight is 403 g/mol. The SMILES string of the molecule is C=C(C#C[Si](c1ccccc1)(c1ccccc1)C(C)(C)C)CC1(O)CCCCC1. The molecule has 1 N–H and O–H groups in total. The second-order valence-electron chi connectivity index (χ2n) is 9.55. The van der Waals surface area contributed by atoms with Gasteiger partial charge in [-0.15, -0.1) is 5.54 Å². The van der Waals surface area contributed by atoms with Crippen LogP contribution in [0, 0.1) is 11.5 Å². The molecule has 2 heteroatoms. The van der Waals surface area contributed by atoms with E-state index >= 15 is 0 Å². The minimum Gasteiger partial charge on any atom is -0.390 e. The molecular formula is C27H34OSi. The van der Waals surface area contributed by atoms with Crippen LogP contribution in [0.2, 0.25) is 5.04 Å². The standard InChI is InChI=1S/C27H34OSi/c1-23(22-27(28)19-12-7-13-20-27)18-21-29(26(2,3)4,24-14-8-5-9-15-24)25-16-10-6-11-17-25/h5-6,8-11,14-17,28H,1,7,12-13,19-20,22H2,2-4H3. The average Bonchev–Trinajstić information content (AvgIpc) is 2.69. The van der Waals surface area contributed by atoms with Gasteiger partial charge in [0.1, 0.15) is 0 Å². The van der Waals surface area contributed by atoms with Gasteiger partial charge in [-0.25, -0.2) is 0 Å². The minimum atomic E-state index is -2.41. The molecule has 0 unspecified atom stereocenters. The number of rotatable bonds is 4. The summed E-state index contributed by atoms with van der Waals surface area (Å²) >= 11 is 0. The molecular weight excluding hydrogens is 368 g/mol. The Labute approximate surface area is 177 Å². The first kappa shape index (κ1) is 21.6. The van der Waals surface area contributed by atoms with Gasteiger partial charge >= 0.3 is 0 Å². The van der Waals surface area contributed by atoms with Gasteiger partial charge in [0, 0.05) is 6.42 Å². The van der Waals surface area contributed by atoms with Crippen LogP contribution in [0.1, 0.15) is 59.3 Å². The van der Waals surface area contributed by atoms with Crippen LogP contribution < -0.4 is 10.4 Å². The predicted octanol–water partition coefficient (Wildman–Crippen LogP) is 5.23. The Morgan fingerprint density at radius 1 is 0.931 bits per heavy atom. The first-order valence-corrected chi connectivity index (χ1v) is 12.8. The van der Waals surface area contributed by atoms with Crippen LogP contribution in [-0.2, 0) is 0 Å². The summed E-state index contributed by atoms with van der Waals surface area (Å²) in [5.41, 5.74) is 4.04. The molecule has 0 radical (unpaired) electrons. The Kier molecular flexibility index (Phi) is 6.51. The predicted molar refractivity (Wildman–Crippen MR) is 127 cm³/mol. The van der Waals surface area contributed by atoms with Crippen LogP contribution in [0.25, 0.3) is 0 Å². The van der Waals surface area contributed by atoms with Gasteiger partial charge in [-0.1, -0.05) is 113 Å². The maximum Gasteiger partial charge on any atom is 0.204 e. The fraction of sp³-hybridized carbons (Fsp3) is 0.407. The monoisotopic (exact) mass is 402 g/mol.